The maximum atomic E-state index is 5.91. The molecular formula is C11H17N3. The van der Waals surface area contributed by atoms with Gasteiger partial charge in [0.25, 0.3) is 0 Å². The minimum Gasteiger partial charge on any atom is -0.330 e. The van der Waals surface area contributed by atoms with E-state index in [1.165, 1.54) is 5.56 Å². The molecule has 76 valence electrons. The number of hydrogen-bond acceptors (Lipinski definition) is 3. The Kier molecular flexibility index (Phi) is 2.52. The minimum absolute atomic E-state index is 0.142. The lowest BCUT2D eigenvalue weighted by Gasteiger charge is -2.27. The van der Waals surface area contributed by atoms with Crippen LogP contribution in [0.5, 0.6) is 0 Å². The molecule has 1 fully saturated rings. The van der Waals surface area contributed by atoms with Crippen LogP contribution in [0, 0.1) is 0 Å². The highest BCUT2D eigenvalue weighted by Gasteiger charge is 2.37. The van der Waals surface area contributed by atoms with Crippen molar-refractivity contribution in [3.8, 4) is 0 Å². The van der Waals surface area contributed by atoms with Crippen molar-refractivity contribution in [3.05, 3.63) is 30.1 Å². The van der Waals surface area contributed by atoms with E-state index < -0.39 is 0 Å². The third-order valence-electron chi connectivity index (χ3n) is 3.21. The second-order valence-corrected chi connectivity index (χ2v) is 4.21. The molecule has 1 aromatic heterocycles. The van der Waals surface area contributed by atoms with Crippen LogP contribution in [-0.2, 0) is 5.41 Å². The van der Waals surface area contributed by atoms with E-state index in [4.69, 9.17) is 5.73 Å². The summed E-state index contributed by atoms with van der Waals surface area (Å²) in [6, 6.07) is 4.13. The van der Waals surface area contributed by atoms with Crippen molar-refractivity contribution in [3.63, 3.8) is 0 Å². The van der Waals surface area contributed by atoms with E-state index in [2.05, 4.69) is 23.0 Å². The van der Waals surface area contributed by atoms with Gasteiger partial charge < -0.3 is 10.6 Å². The molecule has 1 unspecified atom stereocenters. The van der Waals surface area contributed by atoms with Crippen molar-refractivity contribution >= 4 is 0 Å². The van der Waals surface area contributed by atoms with Gasteiger partial charge in [0.1, 0.15) is 0 Å². The molecule has 0 saturated carbocycles. The largest absolute Gasteiger partial charge is 0.330 e. The predicted octanol–water partition coefficient (Wildman–Crippen LogP) is 0.614. The first-order chi connectivity index (χ1) is 6.77. The van der Waals surface area contributed by atoms with Gasteiger partial charge in [-0.15, -0.1) is 0 Å². The molecule has 0 bridgehead atoms. The summed E-state index contributed by atoms with van der Waals surface area (Å²) in [5.74, 6) is 0. The molecule has 1 aliphatic rings. The molecule has 1 saturated heterocycles. The standard InChI is InChI=1S/C11H17N3/c1-14-6-4-11(8-12,9-14)10-3-2-5-13-7-10/h2-3,5,7H,4,6,8-9,12H2,1H3. The number of nitrogens with zero attached hydrogens (tertiary/aromatic N) is 2. The average Bonchev–Trinajstić information content (AvgIpc) is 2.63. The Morgan fingerprint density at radius 3 is 3.00 bits per heavy atom. The average molecular weight is 191 g/mol. The topological polar surface area (TPSA) is 42.1 Å². The number of likely N-dealkylation sites (tertiary alicyclic amines) is 1. The molecule has 2 rings (SSSR count). The molecule has 2 heterocycles. The summed E-state index contributed by atoms with van der Waals surface area (Å²) in [5.41, 5.74) is 7.33. The zero-order chi connectivity index (χ0) is 10.0. The van der Waals surface area contributed by atoms with Crippen molar-refractivity contribution in [2.24, 2.45) is 5.73 Å². The number of nitrogens with two attached hydrogens (primary N) is 1. The number of hydrogen-bond donors (Lipinski definition) is 1. The summed E-state index contributed by atoms with van der Waals surface area (Å²) in [4.78, 5) is 6.51. The fourth-order valence-corrected chi connectivity index (χ4v) is 2.28. The summed E-state index contributed by atoms with van der Waals surface area (Å²) in [5, 5.41) is 0. The lowest BCUT2D eigenvalue weighted by atomic mass is 9.81. The second kappa shape index (κ2) is 3.67. The molecule has 0 aromatic carbocycles. The predicted molar refractivity (Wildman–Crippen MR) is 57.1 cm³/mol. The Labute approximate surface area is 84.9 Å². The number of pyridine rings is 1. The second-order valence-electron chi connectivity index (χ2n) is 4.21. The SMILES string of the molecule is CN1CCC(CN)(c2cccnc2)C1. The Morgan fingerprint density at radius 1 is 1.64 bits per heavy atom. The smallest absolute Gasteiger partial charge is 0.0306 e. The van der Waals surface area contributed by atoms with Crippen LogP contribution in [0.25, 0.3) is 0 Å². The molecule has 14 heavy (non-hydrogen) atoms. The molecule has 1 atom stereocenters. The van der Waals surface area contributed by atoms with Gasteiger partial charge in [0.05, 0.1) is 0 Å². The Hall–Kier alpha value is -0.930. The van der Waals surface area contributed by atoms with Gasteiger partial charge in [-0.25, -0.2) is 0 Å². The van der Waals surface area contributed by atoms with E-state index in [0.717, 1.165) is 19.5 Å². The van der Waals surface area contributed by atoms with Gasteiger partial charge >= 0.3 is 0 Å². The molecule has 3 heteroatoms. The molecule has 0 radical (unpaired) electrons. The Balaban J connectivity index is 2.30. The summed E-state index contributed by atoms with van der Waals surface area (Å²) < 4.78 is 0. The van der Waals surface area contributed by atoms with Crippen LogP contribution in [-0.4, -0.2) is 36.6 Å². The van der Waals surface area contributed by atoms with E-state index in [0.29, 0.717) is 6.54 Å². The maximum Gasteiger partial charge on any atom is 0.0306 e. The zero-order valence-corrected chi connectivity index (χ0v) is 8.61. The van der Waals surface area contributed by atoms with E-state index in [1.807, 2.05) is 18.5 Å². The number of aromatic nitrogens is 1. The van der Waals surface area contributed by atoms with Crippen LogP contribution in [0.3, 0.4) is 0 Å². The lowest BCUT2D eigenvalue weighted by molar-refractivity contribution is 0.371. The summed E-state index contributed by atoms with van der Waals surface area (Å²) in [6.07, 6.45) is 4.91. The molecule has 1 aromatic rings. The van der Waals surface area contributed by atoms with Gasteiger partial charge in [0, 0.05) is 30.9 Å². The number of likely N-dealkylation sites (N-methyl/N-ethyl adjacent to an activating group) is 1. The van der Waals surface area contributed by atoms with Crippen molar-refractivity contribution in [2.45, 2.75) is 11.8 Å². The van der Waals surface area contributed by atoms with Crippen LogP contribution in [0.1, 0.15) is 12.0 Å². The van der Waals surface area contributed by atoms with Crippen LogP contribution in [0.15, 0.2) is 24.5 Å². The van der Waals surface area contributed by atoms with Crippen LogP contribution in [0.2, 0.25) is 0 Å². The van der Waals surface area contributed by atoms with Gasteiger partial charge in [-0.2, -0.15) is 0 Å². The molecular weight excluding hydrogens is 174 g/mol. The number of rotatable bonds is 2. The Morgan fingerprint density at radius 2 is 2.50 bits per heavy atom. The van der Waals surface area contributed by atoms with E-state index >= 15 is 0 Å². The van der Waals surface area contributed by atoms with E-state index in [9.17, 15) is 0 Å². The quantitative estimate of drug-likeness (QED) is 0.745. The van der Waals surface area contributed by atoms with Crippen LogP contribution < -0.4 is 5.73 Å². The van der Waals surface area contributed by atoms with Gasteiger partial charge in [-0.05, 0) is 31.6 Å². The van der Waals surface area contributed by atoms with Crippen molar-refractivity contribution in [1.82, 2.24) is 9.88 Å². The first-order valence-corrected chi connectivity index (χ1v) is 5.06. The lowest BCUT2D eigenvalue weighted by Crippen LogP contribution is -2.37. The van der Waals surface area contributed by atoms with Gasteiger partial charge in [0.15, 0.2) is 0 Å². The molecule has 3 nitrogen and oxygen atoms in total. The normalized spacial score (nSPS) is 28.1. The van der Waals surface area contributed by atoms with Gasteiger partial charge in [0.2, 0.25) is 0 Å². The molecule has 0 spiro atoms. The van der Waals surface area contributed by atoms with Crippen molar-refractivity contribution in [2.75, 3.05) is 26.7 Å². The summed E-state index contributed by atoms with van der Waals surface area (Å²) in [7, 11) is 2.15. The summed E-state index contributed by atoms with van der Waals surface area (Å²) in [6.45, 7) is 2.89. The van der Waals surface area contributed by atoms with Crippen LogP contribution >= 0.6 is 0 Å². The van der Waals surface area contributed by atoms with Crippen molar-refractivity contribution < 1.29 is 0 Å². The fourth-order valence-electron chi connectivity index (χ4n) is 2.28. The van der Waals surface area contributed by atoms with Crippen LogP contribution in [0.4, 0.5) is 0 Å². The highest BCUT2D eigenvalue weighted by molar-refractivity contribution is 5.25. The Bertz CT molecular complexity index is 299. The first-order valence-electron chi connectivity index (χ1n) is 5.06. The van der Waals surface area contributed by atoms with E-state index in [1.54, 1.807) is 0 Å². The highest BCUT2D eigenvalue weighted by atomic mass is 15.1. The van der Waals surface area contributed by atoms with E-state index in [-0.39, 0.29) is 5.41 Å². The first kappa shape index (κ1) is 9.62. The zero-order valence-electron chi connectivity index (χ0n) is 8.61. The maximum absolute atomic E-state index is 5.91. The minimum atomic E-state index is 0.142. The van der Waals surface area contributed by atoms with Gasteiger partial charge in [-0.1, -0.05) is 6.07 Å². The molecule has 1 aliphatic heterocycles. The highest BCUT2D eigenvalue weighted by Crippen LogP contribution is 2.32. The molecule has 2 N–H and O–H groups in total. The molecule has 0 aliphatic carbocycles. The fraction of sp³-hybridized carbons (Fsp3) is 0.545. The van der Waals surface area contributed by atoms with Gasteiger partial charge in [-0.3, -0.25) is 4.98 Å². The van der Waals surface area contributed by atoms with Crippen molar-refractivity contribution in [1.29, 1.82) is 0 Å². The third kappa shape index (κ3) is 1.53. The monoisotopic (exact) mass is 191 g/mol. The third-order valence-corrected chi connectivity index (χ3v) is 3.21. The molecule has 0 amide bonds. The summed E-state index contributed by atoms with van der Waals surface area (Å²) >= 11 is 0.